The summed E-state index contributed by atoms with van der Waals surface area (Å²) in [6, 6.07) is 62.6. The van der Waals surface area contributed by atoms with E-state index in [9.17, 15) is 0 Å². The first kappa shape index (κ1) is 31.5. The third-order valence-corrected chi connectivity index (χ3v) is 11.1. The number of aromatic nitrogens is 4. The fraction of sp³-hybridized carbons (Fsp3) is 0. The Hall–Kier alpha value is -7.83. The van der Waals surface area contributed by atoms with Crippen LogP contribution >= 0.6 is 0 Å². The molecule has 0 unspecified atom stereocenters. The number of benzene rings is 8. The Morgan fingerprint density at radius 3 is 1.63 bits per heavy atom. The Labute approximate surface area is 325 Å². The molecule has 0 spiro atoms. The fourth-order valence-electron chi connectivity index (χ4n) is 8.46. The number of para-hydroxylation sites is 5. The van der Waals surface area contributed by atoms with Gasteiger partial charge in [-0.1, -0.05) is 146 Å². The summed E-state index contributed by atoms with van der Waals surface area (Å²) in [6.07, 6.45) is 0. The fourth-order valence-corrected chi connectivity index (χ4v) is 8.46. The zero-order valence-corrected chi connectivity index (χ0v) is 30.4. The summed E-state index contributed by atoms with van der Waals surface area (Å²) in [7, 11) is 0. The monoisotopic (exact) mass is 730 g/mol. The molecule has 0 bridgehead atoms. The summed E-state index contributed by atoms with van der Waals surface area (Å²) in [5, 5.41) is 6.56. The van der Waals surface area contributed by atoms with Crippen molar-refractivity contribution in [1.82, 2.24) is 19.5 Å². The molecule has 0 saturated heterocycles. The Bertz CT molecular complexity index is 3470. The molecule has 0 aliphatic heterocycles. The Balaban J connectivity index is 1.06. The van der Waals surface area contributed by atoms with Crippen LogP contribution in [0, 0.1) is 0 Å². The number of hydrogen-bond donors (Lipinski definition) is 0. The SMILES string of the molecule is c1ccc(-c2nc(-c3ccccc3)nc(-c3cccc4c3oc3c(-n5c6ccccc6c6cc(-c7cccc8c7oc7ccccc78)ccc65)cccc34)n2)cc1. The molecule has 4 heterocycles. The minimum atomic E-state index is 0.553. The number of nitrogens with zero attached hydrogens (tertiary/aromatic N) is 4. The lowest BCUT2D eigenvalue weighted by Crippen LogP contribution is -2.00. The average Bonchev–Trinajstić information content (AvgIpc) is 3.96. The van der Waals surface area contributed by atoms with Gasteiger partial charge < -0.3 is 13.4 Å². The molecular formula is C51H30N4O2. The van der Waals surface area contributed by atoms with Crippen LogP contribution in [-0.2, 0) is 0 Å². The molecule has 12 rings (SSSR count). The van der Waals surface area contributed by atoms with Gasteiger partial charge in [0.15, 0.2) is 23.1 Å². The van der Waals surface area contributed by atoms with Crippen molar-refractivity contribution in [1.29, 1.82) is 0 Å². The minimum absolute atomic E-state index is 0.553. The smallest absolute Gasteiger partial charge is 0.167 e. The van der Waals surface area contributed by atoms with E-state index in [2.05, 4.69) is 108 Å². The Morgan fingerprint density at radius 2 is 0.877 bits per heavy atom. The molecule has 0 radical (unpaired) electrons. The maximum atomic E-state index is 7.02. The average molecular weight is 731 g/mol. The van der Waals surface area contributed by atoms with Gasteiger partial charge >= 0.3 is 0 Å². The number of hydrogen-bond acceptors (Lipinski definition) is 5. The molecule has 6 nitrogen and oxygen atoms in total. The predicted molar refractivity (Wildman–Crippen MR) is 230 cm³/mol. The molecule has 12 aromatic rings. The van der Waals surface area contributed by atoms with E-state index in [0.29, 0.717) is 17.5 Å². The molecule has 0 saturated carbocycles. The van der Waals surface area contributed by atoms with Crippen molar-refractivity contribution < 1.29 is 8.83 Å². The lowest BCUT2D eigenvalue weighted by molar-refractivity contribution is 0.667. The van der Waals surface area contributed by atoms with Crippen LogP contribution in [-0.4, -0.2) is 19.5 Å². The quantitative estimate of drug-likeness (QED) is 0.176. The Kier molecular flexibility index (Phi) is 6.83. The first-order valence-corrected chi connectivity index (χ1v) is 19.0. The maximum absolute atomic E-state index is 7.02. The van der Waals surface area contributed by atoms with Crippen molar-refractivity contribution >= 4 is 65.7 Å². The summed E-state index contributed by atoms with van der Waals surface area (Å²) in [6.45, 7) is 0. The van der Waals surface area contributed by atoms with Crippen LogP contribution in [0.3, 0.4) is 0 Å². The summed E-state index contributed by atoms with van der Waals surface area (Å²) in [5.74, 6) is 1.77. The molecule has 266 valence electrons. The van der Waals surface area contributed by atoms with Crippen LogP contribution in [0.1, 0.15) is 0 Å². The normalized spacial score (nSPS) is 11.9. The molecule has 0 aliphatic rings. The summed E-state index contributed by atoms with van der Waals surface area (Å²) in [5.41, 5.74) is 11.3. The summed E-state index contributed by atoms with van der Waals surface area (Å²) in [4.78, 5) is 15.0. The standard InChI is InChI=1S/C51H30N4O2/c1-3-14-31(15-4-1)49-52-50(32-16-5-2-6-17-32)54-51(53-49)40-24-12-22-38-39-23-13-26-44(48(39)57-47(38)40)55-42-25-9-7-18-35(42)41-30-33(28-29-43(41)55)34-20-11-21-37-36-19-8-10-27-45(36)56-46(34)37/h1-30H. The molecular weight excluding hydrogens is 701 g/mol. The third-order valence-electron chi connectivity index (χ3n) is 11.1. The lowest BCUT2D eigenvalue weighted by Gasteiger charge is -2.09. The molecule has 57 heavy (non-hydrogen) atoms. The highest BCUT2D eigenvalue weighted by atomic mass is 16.3. The van der Waals surface area contributed by atoms with Crippen molar-refractivity contribution in [2.24, 2.45) is 0 Å². The van der Waals surface area contributed by atoms with E-state index in [-0.39, 0.29) is 0 Å². The van der Waals surface area contributed by atoms with E-state index in [1.807, 2.05) is 78.9 Å². The first-order chi connectivity index (χ1) is 28.3. The van der Waals surface area contributed by atoms with E-state index in [1.165, 1.54) is 0 Å². The van der Waals surface area contributed by atoms with Crippen LogP contribution < -0.4 is 0 Å². The number of fused-ring (bicyclic) bond motifs is 9. The van der Waals surface area contributed by atoms with Crippen LogP contribution in [0.5, 0.6) is 0 Å². The molecule has 0 aliphatic carbocycles. The molecule has 6 heteroatoms. The van der Waals surface area contributed by atoms with Crippen molar-refractivity contribution in [3.8, 4) is 51.0 Å². The van der Waals surface area contributed by atoms with Crippen LogP contribution in [0.4, 0.5) is 0 Å². The first-order valence-electron chi connectivity index (χ1n) is 19.0. The molecule has 0 amide bonds. The zero-order valence-electron chi connectivity index (χ0n) is 30.4. The van der Waals surface area contributed by atoms with Crippen molar-refractivity contribution in [3.63, 3.8) is 0 Å². The van der Waals surface area contributed by atoms with Crippen LogP contribution in [0.2, 0.25) is 0 Å². The highest BCUT2D eigenvalue weighted by molar-refractivity contribution is 6.16. The molecule has 0 atom stereocenters. The highest BCUT2D eigenvalue weighted by Gasteiger charge is 2.22. The largest absolute Gasteiger partial charge is 0.455 e. The van der Waals surface area contributed by atoms with Crippen LogP contribution in [0.25, 0.3) is 117 Å². The van der Waals surface area contributed by atoms with Gasteiger partial charge in [-0.05, 0) is 42.0 Å². The predicted octanol–water partition coefficient (Wildman–Crippen LogP) is 13.4. The van der Waals surface area contributed by atoms with Gasteiger partial charge in [-0.2, -0.15) is 0 Å². The van der Waals surface area contributed by atoms with Gasteiger partial charge in [0.05, 0.1) is 22.3 Å². The van der Waals surface area contributed by atoms with Gasteiger partial charge in [-0.15, -0.1) is 0 Å². The van der Waals surface area contributed by atoms with Gasteiger partial charge in [-0.3, -0.25) is 0 Å². The van der Waals surface area contributed by atoms with E-state index in [1.54, 1.807) is 0 Å². The zero-order chi connectivity index (χ0) is 37.5. The van der Waals surface area contributed by atoms with Gasteiger partial charge in [-0.25, -0.2) is 15.0 Å². The molecule has 0 fully saturated rings. The van der Waals surface area contributed by atoms with Crippen molar-refractivity contribution in [2.75, 3.05) is 0 Å². The van der Waals surface area contributed by atoms with E-state index < -0.39 is 0 Å². The van der Waals surface area contributed by atoms with Gasteiger partial charge in [0.1, 0.15) is 16.7 Å². The molecule has 8 aromatic carbocycles. The second-order valence-corrected chi connectivity index (χ2v) is 14.3. The third kappa shape index (κ3) is 4.87. The van der Waals surface area contributed by atoms with Crippen LogP contribution in [0.15, 0.2) is 191 Å². The van der Waals surface area contributed by atoms with Crippen molar-refractivity contribution in [2.45, 2.75) is 0 Å². The highest BCUT2D eigenvalue weighted by Crippen LogP contribution is 2.42. The van der Waals surface area contributed by atoms with E-state index in [0.717, 1.165) is 99.2 Å². The van der Waals surface area contributed by atoms with E-state index >= 15 is 0 Å². The maximum Gasteiger partial charge on any atom is 0.167 e. The topological polar surface area (TPSA) is 69.9 Å². The van der Waals surface area contributed by atoms with Gasteiger partial charge in [0, 0.05) is 49.0 Å². The molecule has 4 aromatic heterocycles. The summed E-state index contributed by atoms with van der Waals surface area (Å²) >= 11 is 0. The minimum Gasteiger partial charge on any atom is -0.455 e. The second-order valence-electron chi connectivity index (χ2n) is 14.3. The Morgan fingerprint density at radius 1 is 0.333 bits per heavy atom. The van der Waals surface area contributed by atoms with Gasteiger partial charge in [0.25, 0.3) is 0 Å². The second kappa shape index (κ2) is 12.3. The number of furan rings is 2. The lowest BCUT2D eigenvalue weighted by atomic mass is 10.0. The molecule has 0 N–H and O–H groups in total. The van der Waals surface area contributed by atoms with E-state index in [4.69, 9.17) is 23.8 Å². The number of rotatable bonds is 5. The summed E-state index contributed by atoms with van der Waals surface area (Å²) < 4.78 is 15.8. The van der Waals surface area contributed by atoms with Gasteiger partial charge in [0.2, 0.25) is 0 Å². The van der Waals surface area contributed by atoms with Crippen molar-refractivity contribution in [3.05, 3.63) is 182 Å².